The first-order valence-electron chi connectivity index (χ1n) is 7.20. The summed E-state index contributed by atoms with van der Waals surface area (Å²) in [5.41, 5.74) is 1.86. The lowest BCUT2D eigenvalue weighted by molar-refractivity contribution is -0.138. The van der Waals surface area contributed by atoms with E-state index in [0.29, 0.717) is 13.1 Å². The molecule has 4 heteroatoms. The molecule has 0 bridgehead atoms. The van der Waals surface area contributed by atoms with E-state index in [1.54, 1.807) is 0 Å². The fourth-order valence-electron chi connectivity index (χ4n) is 2.79. The third-order valence-corrected chi connectivity index (χ3v) is 3.99. The highest BCUT2D eigenvalue weighted by atomic mass is 16.4. The number of aliphatic carboxylic acids is 1. The van der Waals surface area contributed by atoms with Crippen molar-refractivity contribution in [2.45, 2.75) is 32.6 Å². The molecule has 0 radical (unpaired) electrons. The lowest BCUT2D eigenvalue weighted by atomic mass is 9.93. The number of carboxylic acid groups (broad SMARTS) is 1. The van der Waals surface area contributed by atoms with Crippen LogP contribution in [0.15, 0.2) is 24.3 Å². The quantitative estimate of drug-likeness (QED) is 0.918. The van der Waals surface area contributed by atoms with Gasteiger partial charge in [-0.25, -0.2) is 0 Å². The minimum absolute atomic E-state index is 0.0798. The summed E-state index contributed by atoms with van der Waals surface area (Å²) >= 11 is 0. The molecule has 1 aromatic carbocycles. The second kappa shape index (κ2) is 6.55. The highest BCUT2D eigenvalue weighted by molar-refractivity contribution is 5.95. The van der Waals surface area contributed by atoms with Crippen LogP contribution < -0.4 is 0 Å². The van der Waals surface area contributed by atoms with Crippen molar-refractivity contribution in [1.82, 2.24) is 4.90 Å². The van der Waals surface area contributed by atoms with Gasteiger partial charge in [0.2, 0.25) is 0 Å². The molecule has 4 nitrogen and oxygen atoms in total. The number of hydrogen-bond donors (Lipinski definition) is 1. The van der Waals surface area contributed by atoms with E-state index in [2.05, 4.69) is 0 Å². The third-order valence-electron chi connectivity index (χ3n) is 3.99. The zero-order valence-electron chi connectivity index (χ0n) is 11.8. The van der Waals surface area contributed by atoms with Crippen LogP contribution in [0, 0.1) is 5.92 Å². The Morgan fingerprint density at radius 1 is 1.25 bits per heavy atom. The molecule has 1 heterocycles. The largest absolute Gasteiger partial charge is 0.481 e. The van der Waals surface area contributed by atoms with Gasteiger partial charge in [0, 0.05) is 25.1 Å². The zero-order valence-corrected chi connectivity index (χ0v) is 11.8. The minimum Gasteiger partial charge on any atom is -0.481 e. The fourth-order valence-corrected chi connectivity index (χ4v) is 2.79. The SMILES string of the molecule is CCc1ccccc1C(=O)N1CCC(CC(=O)O)CC1. The van der Waals surface area contributed by atoms with Gasteiger partial charge >= 0.3 is 5.97 Å². The summed E-state index contributed by atoms with van der Waals surface area (Å²) in [5.74, 6) is -0.458. The Morgan fingerprint density at radius 2 is 1.90 bits per heavy atom. The van der Waals surface area contributed by atoms with Crippen LogP contribution >= 0.6 is 0 Å². The van der Waals surface area contributed by atoms with Crippen molar-refractivity contribution in [2.24, 2.45) is 5.92 Å². The van der Waals surface area contributed by atoms with Crippen LogP contribution in [-0.2, 0) is 11.2 Å². The van der Waals surface area contributed by atoms with E-state index in [1.807, 2.05) is 36.1 Å². The highest BCUT2D eigenvalue weighted by Crippen LogP contribution is 2.22. The van der Waals surface area contributed by atoms with Crippen molar-refractivity contribution < 1.29 is 14.7 Å². The fraction of sp³-hybridized carbons (Fsp3) is 0.500. The molecule has 1 amide bonds. The number of carbonyl (C=O) groups is 2. The Labute approximate surface area is 119 Å². The van der Waals surface area contributed by atoms with E-state index >= 15 is 0 Å². The number of carboxylic acids is 1. The molecular weight excluding hydrogens is 254 g/mol. The van der Waals surface area contributed by atoms with Gasteiger partial charge in [0.1, 0.15) is 0 Å². The molecule has 108 valence electrons. The number of rotatable bonds is 4. The van der Waals surface area contributed by atoms with E-state index in [9.17, 15) is 9.59 Å². The smallest absolute Gasteiger partial charge is 0.303 e. The zero-order chi connectivity index (χ0) is 14.5. The summed E-state index contributed by atoms with van der Waals surface area (Å²) in [6.07, 6.45) is 2.63. The molecule has 0 aromatic heterocycles. The van der Waals surface area contributed by atoms with E-state index in [4.69, 9.17) is 5.11 Å². The number of benzene rings is 1. The van der Waals surface area contributed by atoms with Gasteiger partial charge in [-0.15, -0.1) is 0 Å². The first kappa shape index (κ1) is 14.6. The summed E-state index contributed by atoms with van der Waals surface area (Å²) in [6.45, 7) is 3.37. The second-order valence-corrected chi connectivity index (χ2v) is 5.34. The second-order valence-electron chi connectivity index (χ2n) is 5.34. The Bertz CT molecular complexity index is 490. The average molecular weight is 275 g/mol. The molecule has 0 spiro atoms. The number of hydrogen-bond acceptors (Lipinski definition) is 2. The molecule has 1 N–H and O–H groups in total. The molecule has 0 saturated carbocycles. The molecule has 1 saturated heterocycles. The number of carbonyl (C=O) groups excluding carboxylic acids is 1. The highest BCUT2D eigenvalue weighted by Gasteiger charge is 2.25. The molecule has 0 atom stereocenters. The van der Waals surface area contributed by atoms with Gasteiger partial charge in [-0.2, -0.15) is 0 Å². The van der Waals surface area contributed by atoms with Crippen molar-refractivity contribution in [3.63, 3.8) is 0 Å². The summed E-state index contributed by atoms with van der Waals surface area (Å²) in [6, 6.07) is 7.72. The Hall–Kier alpha value is -1.84. The number of aryl methyl sites for hydroxylation is 1. The summed E-state index contributed by atoms with van der Waals surface area (Å²) in [7, 11) is 0. The van der Waals surface area contributed by atoms with Gasteiger partial charge in [-0.1, -0.05) is 25.1 Å². The maximum Gasteiger partial charge on any atom is 0.303 e. The number of likely N-dealkylation sites (tertiary alicyclic amines) is 1. The Balaban J connectivity index is 2.00. The van der Waals surface area contributed by atoms with Gasteiger partial charge in [0.25, 0.3) is 5.91 Å². The van der Waals surface area contributed by atoms with Crippen LogP contribution in [0.2, 0.25) is 0 Å². The third kappa shape index (κ3) is 3.38. The van der Waals surface area contributed by atoms with Crippen molar-refractivity contribution >= 4 is 11.9 Å². The van der Waals surface area contributed by atoms with Gasteiger partial charge in [0.05, 0.1) is 0 Å². The van der Waals surface area contributed by atoms with Gasteiger partial charge < -0.3 is 10.0 Å². The van der Waals surface area contributed by atoms with Crippen molar-refractivity contribution in [1.29, 1.82) is 0 Å². The maximum atomic E-state index is 12.5. The standard InChI is InChI=1S/C16H21NO3/c1-2-13-5-3-4-6-14(13)16(20)17-9-7-12(8-10-17)11-15(18)19/h3-6,12H,2,7-11H2,1H3,(H,18,19). The van der Waals surface area contributed by atoms with Crippen LogP contribution in [-0.4, -0.2) is 35.0 Å². The molecule has 0 aliphatic carbocycles. The number of piperidine rings is 1. The lowest BCUT2D eigenvalue weighted by Crippen LogP contribution is -2.39. The first-order valence-corrected chi connectivity index (χ1v) is 7.20. The Morgan fingerprint density at radius 3 is 2.50 bits per heavy atom. The molecule has 2 rings (SSSR count). The molecule has 1 fully saturated rings. The van der Waals surface area contributed by atoms with Gasteiger partial charge in [-0.05, 0) is 36.8 Å². The van der Waals surface area contributed by atoms with E-state index in [1.165, 1.54) is 0 Å². The minimum atomic E-state index is -0.744. The molecule has 1 aromatic rings. The monoisotopic (exact) mass is 275 g/mol. The molecule has 1 aliphatic heterocycles. The van der Waals surface area contributed by atoms with Crippen LogP contribution in [0.1, 0.15) is 42.1 Å². The van der Waals surface area contributed by atoms with Crippen LogP contribution in [0.5, 0.6) is 0 Å². The predicted molar refractivity (Wildman–Crippen MR) is 76.7 cm³/mol. The van der Waals surface area contributed by atoms with Crippen LogP contribution in [0.3, 0.4) is 0 Å². The lowest BCUT2D eigenvalue weighted by Gasteiger charge is -2.31. The molecular formula is C16H21NO3. The van der Waals surface area contributed by atoms with Crippen molar-refractivity contribution in [3.05, 3.63) is 35.4 Å². The van der Waals surface area contributed by atoms with Crippen LogP contribution in [0.4, 0.5) is 0 Å². The van der Waals surface area contributed by atoms with Crippen LogP contribution in [0.25, 0.3) is 0 Å². The normalized spacial score (nSPS) is 16.1. The number of nitrogens with zero attached hydrogens (tertiary/aromatic N) is 1. The average Bonchev–Trinajstić information content (AvgIpc) is 2.46. The van der Waals surface area contributed by atoms with Gasteiger partial charge in [0.15, 0.2) is 0 Å². The first-order chi connectivity index (χ1) is 9.61. The van der Waals surface area contributed by atoms with Crippen molar-refractivity contribution in [3.8, 4) is 0 Å². The van der Waals surface area contributed by atoms with Crippen molar-refractivity contribution in [2.75, 3.05) is 13.1 Å². The summed E-state index contributed by atoms with van der Waals surface area (Å²) in [5, 5.41) is 8.81. The molecule has 1 aliphatic rings. The molecule has 20 heavy (non-hydrogen) atoms. The van der Waals surface area contributed by atoms with E-state index in [0.717, 1.165) is 30.4 Å². The summed E-state index contributed by atoms with van der Waals surface area (Å²) < 4.78 is 0. The van der Waals surface area contributed by atoms with E-state index < -0.39 is 5.97 Å². The molecule has 0 unspecified atom stereocenters. The maximum absolute atomic E-state index is 12.5. The Kier molecular flexibility index (Phi) is 4.77. The topological polar surface area (TPSA) is 57.6 Å². The predicted octanol–water partition coefficient (Wildman–Crippen LogP) is 2.58. The van der Waals surface area contributed by atoms with E-state index in [-0.39, 0.29) is 18.2 Å². The van der Waals surface area contributed by atoms with Gasteiger partial charge in [-0.3, -0.25) is 9.59 Å². The number of amides is 1. The summed E-state index contributed by atoms with van der Waals surface area (Å²) in [4.78, 5) is 25.1.